The van der Waals surface area contributed by atoms with Crippen molar-refractivity contribution in [3.63, 3.8) is 0 Å². The van der Waals surface area contributed by atoms with E-state index < -0.39 is 20.5 Å². The summed E-state index contributed by atoms with van der Waals surface area (Å²) in [5, 5.41) is 2.90. The van der Waals surface area contributed by atoms with Gasteiger partial charge >= 0.3 is 0 Å². The number of sulfone groups is 1. The summed E-state index contributed by atoms with van der Waals surface area (Å²) in [6, 6.07) is 11.2. The van der Waals surface area contributed by atoms with Crippen LogP contribution in [-0.4, -0.2) is 19.1 Å². The van der Waals surface area contributed by atoms with Gasteiger partial charge in [-0.15, -0.1) is 0 Å². The largest absolute Gasteiger partial charge is 0.325 e. The highest BCUT2D eigenvalue weighted by atomic mass is 32.2. The topological polar surface area (TPSA) is 63.2 Å². The van der Waals surface area contributed by atoms with Crippen LogP contribution in [0.2, 0.25) is 0 Å². The van der Waals surface area contributed by atoms with Crippen molar-refractivity contribution in [1.82, 2.24) is 0 Å². The molecule has 1 amide bonds. The van der Waals surface area contributed by atoms with Crippen LogP contribution in [0.3, 0.4) is 0 Å². The van der Waals surface area contributed by atoms with E-state index in [9.17, 15) is 13.2 Å². The fourth-order valence-electron chi connectivity index (χ4n) is 4.06. The van der Waals surface area contributed by atoms with Gasteiger partial charge in [-0.1, -0.05) is 31.0 Å². The van der Waals surface area contributed by atoms with Gasteiger partial charge in [-0.05, 0) is 81.0 Å². The van der Waals surface area contributed by atoms with Crippen molar-refractivity contribution in [2.24, 2.45) is 0 Å². The lowest BCUT2D eigenvalue weighted by Gasteiger charge is -2.28. The number of anilines is 1. The van der Waals surface area contributed by atoms with E-state index >= 15 is 0 Å². The third-order valence-corrected chi connectivity index (χ3v) is 8.09. The van der Waals surface area contributed by atoms with Crippen molar-refractivity contribution in [3.8, 4) is 0 Å². The SMILES string of the molecule is Cc1cc(C)cc(NC(=O)C2(S(=O)(=O)c3cc(C)ccc3C)CCCC2)c1. The number of nitrogens with one attached hydrogen (secondary N) is 1. The third kappa shape index (κ3) is 3.53. The predicted octanol–water partition coefficient (Wildman–Crippen LogP) is 4.65. The minimum atomic E-state index is -3.81. The summed E-state index contributed by atoms with van der Waals surface area (Å²) < 4.78 is 25.9. The lowest BCUT2D eigenvalue weighted by atomic mass is 10.1. The molecule has 27 heavy (non-hydrogen) atoms. The van der Waals surface area contributed by atoms with Gasteiger partial charge in [0.15, 0.2) is 14.6 Å². The lowest BCUT2D eigenvalue weighted by molar-refractivity contribution is -0.118. The Bertz CT molecular complexity index is 966. The molecule has 5 heteroatoms. The normalized spacial score (nSPS) is 16.3. The molecule has 1 fully saturated rings. The van der Waals surface area contributed by atoms with Crippen LogP contribution in [0.1, 0.15) is 47.9 Å². The quantitative estimate of drug-likeness (QED) is 0.833. The van der Waals surface area contributed by atoms with Crippen LogP contribution in [0.5, 0.6) is 0 Å². The Morgan fingerprint density at radius 3 is 2.07 bits per heavy atom. The standard InChI is InChI=1S/C22H27NO3S/c1-15-7-8-18(4)20(14-15)27(25,26)22(9-5-6-10-22)21(24)23-19-12-16(2)11-17(3)13-19/h7-8,11-14H,5-6,9-10H2,1-4H3,(H,23,24). The van der Waals surface area contributed by atoms with Gasteiger partial charge in [0.05, 0.1) is 4.90 Å². The first kappa shape index (κ1) is 19.6. The van der Waals surface area contributed by atoms with Crippen molar-refractivity contribution in [3.05, 3.63) is 58.7 Å². The van der Waals surface area contributed by atoms with Crippen LogP contribution in [0.25, 0.3) is 0 Å². The number of aryl methyl sites for hydroxylation is 4. The highest BCUT2D eigenvalue weighted by molar-refractivity contribution is 7.93. The van der Waals surface area contributed by atoms with Crippen molar-refractivity contribution in [1.29, 1.82) is 0 Å². The molecule has 0 aromatic heterocycles. The van der Waals surface area contributed by atoms with Gasteiger partial charge in [0, 0.05) is 5.69 Å². The molecular weight excluding hydrogens is 358 g/mol. The van der Waals surface area contributed by atoms with Gasteiger partial charge in [-0.2, -0.15) is 0 Å². The maximum atomic E-state index is 13.6. The van der Waals surface area contributed by atoms with Crippen LogP contribution in [0.15, 0.2) is 41.3 Å². The molecule has 3 rings (SSSR count). The Balaban J connectivity index is 2.05. The van der Waals surface area contributed by atoms with Gasteiger partial charge in [0.25, 0.3) is 0 Å². The Kier molecular flexibility index (Phi) is 5.17. The van der Waals surface area contributed by atoms with E-state index in [1.54, 1.807) is 13.0 Å². The van der Waals surface area contributed by atoms with Crippen LogP contribution >= 0.6 is 0 Å². The fraction of sp³-hybridized carbons (Fsp3) is 0.409. The monoisotopic (exact) mass is 385 g/mol. The molecule has 0 aliphatic heterocycles. The molecule has 1 N–H and O–H groups in total. The number of rotatable bonds is 4. The summed E-state index contributed by atoms with van der Waals surface area (Å²) in [5.41, 5.74) is 4.28. The summed E-state index contributed by atoms with van der Waals surface area (Å²) in [7, 11) is -3.81. The second kappa shape index (κ2) is 7.12. The third-order valence-electron chi connectivity index (χ3n) is 5.45. The molecular formula is C22H27NO3S. The van der Waals surface area contributed by atoms with Gasteiger partial charge in [-0.3, -0.25) is 4.79 Å². The molecule has 2 aromatic rings. The van der Waals surface area contributed by atoms with E-state index in [1.807, 2.05) is 51.1 Å². The number of carbonyl (C=O) groups is 1. The van der Waals surface area contributed by atoms with E-state index in [4.69, 9.17) is 0 Å². The summed E-state index contributed by atoms with van der Waals surface area (Å²) >= 11 is 0. The molecule has 0 saturated heterocycles. The molecule has 0 atom stereocenters. The van der Waals surface area contributed by atoms with E-state index in [1.165, 1.54) is 0 Å². The average molecular weight is 386 g/mol. The lowest BCUT2D eigenvalue weighted by Crippen LogP contribution is -2.47. The second-order valence-corrected chi connectivity index (χ2v) is 10.0. The number of carbonyl (C=O) groups excluding carboxylic acids is 1. The van der Waals surface area contributed by atoms with Gasteiger partial charge in [-0.25, -0.2) is 8.42 Å². The van der Waals surface area contributed by atoms with E-state index in [0.717, 1.165) is 29.5 Å². The van der Waals surface area contributed by atoms with Crippen LogP contribution in [0.4, 0.5) is 5.69 Å². The van der Waals surface area contributed by atoms with Crippen LogP contribution in [0, 0.1) is 27.7 Å². The average Bonchev–Trinajstić information content (AvgIpc) is 3.07. The Morgan fingerprint density at radius 1 is 0.889 bits per heavy atom. The molecule has 1 aliphatic rings. The minimum absolute atomic E-state index is 0.278. The highest BCUT2D eigenvalue weighted by Gasteiger charge is 2.53. The first-order chi connectivity index (χ1) is 12.7. The zero-order valence-corrected chi connectivity index (χ0v) is 17.2. The number of hydrogen-bond donors (Lipinski definition) is 1. The molecule has 1 saturated carbocycles. The second-order valence-electron chi connectivity index (χ2n) is 7.80. The summed E-state index contributed by atoms with van der Waals surface area (Å²) in [4.78, 5) is 13.6. The zero-order chi connectivity index (χ0) is 19.8. The maximum Gasteiger partial charge on any atom is 0.246 e. The maximum absolute atomic E-state index is 13.6. The van der Waals surface area contributed by atoms with Crippen molar-refractivity contribution in [2.75, 3.05) is 5.32 Å². The molecule has 0 heterocycles. The summed E-state index contributed by atoms with van der Waals surface area (Å²) in [5.74, 6) is -0.411. The molecule has 0 unspecified atom stereocenters. The van der Waals surface area contributed by atoms with Crippen molar-refractivity contribution in [2.45, 2.75) is 63.0 Å². The van der Waals surface area contributed by atoms with Crippen molar-refractivity contribution >= 4 is 21.4 Å². The minimum Gasteiger partial charge on any atom is -0.325 e. The molecule has 0 spiro atoms. The number of benzene rings is 2. The molecule has 1 aliphatic carbocycles. The Morgan fingerprint density at radius 2 is 1.48 bits per heavy atom. The van der Waals surface area contributed by atoms with Crippen molar-refractivity contribution < 1.29 is 13.2 Å². The van der Waals surface area contributed by atoms with Gasteiger partial charge < -0.3 is 5.32 Å². The summed E-state index contributed by atoms with van der Waals surface area (Å²) in [6.07, 6.45) is 2.20. The molecule has 0 radical (unpaired) electrons. The highest BCUT2D eigenvalue weighted by Crippen LogP contribution is 2.42. The van der Waals surface area contributed by atoms with Crippen LogP contribution in [-0.2, 0) is 14.6 Å². The number of hydrogen-bond acceptors (Lipinski definition) is 3. The Labute approximate surface area is 161 Å². The van der Waals surface area contributed by atoms with E-state index in [-0.39, 0.29) is 4.90 Å². The van der Waals surface area contributed by atoms with E-state index in [0.29, 0.717) is 24.1 Å². The smallest absolute Gasteiger partial charge is 0.246 e. The predicted molar refractivity (Wildman–Crippen MR) is 109 cm³/mol. The molecule has 144 valence electrons. The van der Waals surface area contributed by atoms with E-state index in [2.05, 4.69) is 5.32 Å². The molecule has 4 nitrogen and oxygen atoms in total. The number of amides is 1. The first-order valence-corrected chi connectivity index (χ1v) is 10.9. The summed E-state index contributed by atoms with van der Waals surface area (Å²) in [6.45, 7) is 7.58. The molecule has 0 bridgehead atoms. The van der Waals surface area contributed by atoms with Crippen LogP contribution < -0.4 is 5.32 Å². The first-order valence-electron chi connectivity index (χ1n) is 9.37. The van der Waals surface area contributed by atoms with Gasteiger partial charge in [0.1, 0.15) is 0 Å². The van der Waals surface area contributed by atoms with Gasteiger partial charge in [0.2, 0.25) is 5.91 Å². The Hall–Kier alpha value is -2.14. The fourth-order valence-corrected chi connectivity index (χ4v) is 6.44. The zero-order valence-electron chi connectivity index (χ0n) is 16.4. The molecule has 2 aromatic carbocycles.